The molecule has 0 saturated carbocycles. The van der Waals surface area contributed by atoms with Gasteiger partial charge < -0.3 is 0 Å². The average Bonchev–Trinajstić information content (AvgIpc) is 2.78. The summed E-state index contributed by atoms with van der Waals surface area (Å²) in [5.41, 5.74) is 5.24. The summed E-state index contributed by atoms with van der Waals surface area (Å²) in [5.74, 6) is 0.496. The zero-order valence-corrected chi connectivity index (χ0v) is 13.6. The number of hydrogen-bond donors (Lipinski definition) is 0. The van der Waals surface area contributed by atoms with Gasteiger partial charge in [0, 0.05) is 12.7 Å². The van der Waals surface area contributed by atoms with Crippen LogP contribution in [0.4, 0.5) is 0 Å². The largest absolute Gasteiger partial charge is 0.272 e. The van der Waals surface area contributed by atoms with Crippen molar-refractivity contribution in [2.24, 2.45) is 13.0 Å². The number of halogens is 1. The quantitative estimate of drug-likeness (QED) is 0.605. The van der Waals surface area contributed by atoms with Gasteiger partial charge in [0.25, 0.3) is 0 Å². The number of nitrogens with zero attached hydrogens (tertiary/aromatic N) is 2. The lowest BCUT2D eigenvalue weighted by Gasteiger charge is -2.21. The summed E-state index contributed by atoms with van der Waals surface area (Å²) in [6.45, 7) is 2.15. The fourth-order valence-electron chi connectivity index (χ4n) is 3.40. The van der Waals surface area contributed by atoms with E-state index in [0.29, 0.717) is 5.92 Å². The predicted molar refractivity (Wildman–Crippen MR) is 87.8 cm³/mol. The molecular weight excluding hydrogens is 280 g/mol. The van der Waals surface area contributed by atoms with Gasteiger partial charge >= 0.3 is 0 Å². The first kappa shape index (κ1) is 14.6. The van der Waals surface area contributed by atoms with Crippen LogP contribution in [0.25, 0.3) is 0 Å². The maximum absolute atomic E-state index is 6.83. The first-order valence-corrected chi connectivity index (χ1v) is 8.36. The van der Waals surface area contributed by atoms with E-state index >= 15 is 0 Å². The Bertz CT molecular complexity index is 617. The number of rotatable bonds is 3. The Morgan fingerprint density at radius 3 is 2.90 bits per heavy atom. The Morgan fingerprint density at radius 2 is 2.14 bits per heavy atom. The molecule has 1 aliphatic rings. The highest BCUT2D eigenvalue weighted by Gasteiger charge is 2.27. The van der Waals surface area contributed by atoms with Crippen molar-refractivity contribution in [1.29, 1.82) is 0 Å². The molecule has 21 heavy (non-hydrogen) atoms. The minimum Gasteiger partial charge on any atom is -0.272 e. The molecule has 0 aliphatic heterocycles. The first-order valence-electron chi connectivity index (χ1n) is 7.92. The second kappa shape index (κ2) is 6.23. The van der Waals surface area contributed by atoms with E-state index in [9.17, 15) is 0 Å². The van der Waals surface area contributed by atoms with E-state index in [2.05, 4.69) is 42.4 Å². The van der Waals surface area contributed by atoms with Gasteiger partial charge in [-0.25, -0.2) is 0 Å². The highest BCUT2D eigenvalue weighted by atomic mass is 35.5. The first-order chi connectivity index (χ1) is 10.2. The molecule has 3 heteroatoms. The Labute approximate surface area is 132 Å². The summed E-state index contributed by atoms with van der Waals surface area (Å²) in [6.07, 6.45) is 5.58. The van der Waals surface area contributed by atoms with Crippen LogP contribution in [0, 0.1) is 5.92 Å². The maximum Gasteiger partial charge on any atom is 0.0624 e. The van der Waals surface area contributed by atoms with E-state index in [0.717, 1.165) is 19.3 Å². The van der Waals surface area contributed by atoms with Crippen molar-refractivity contribution in [3.8, 4) is 0 Å². The molecule has 1 aromatic carbocycles. The number of alkyl halides is 1. The topological polar surface area (TPSA) is 17.8 Å². The number of fused-ring (bicyclic) bond motifs is 1. The molecule has 112 valence electrons. The number of benzene rings is 1. The van der Waals surface area contributed by atoms with Crippen molar-refractivity contribution in [3.05, 3.63) is 52.8 Å². The molecule has 0 spiro atoms. The summed E-state index contributed by atoms with van der Waals surface area (Å²) in [5, 5.41) is 4.68. The molecule has 0 amide bonds. The lowest BCUT2D eigenvalue weighted by Crippen LogP contribution is -2.13. The van der Waals surface area contributed by atoms with E-state index in [1.54, 1.807) is 0 Å². The Balaban J connectivity index is 1.84. The zero-order chi connectivity index (χ0) is 14.8. The lowest BCUT2D eigenvalue weighted by molar-refractivity contribution is 0.451. The molecule has 0 N–H and O–H groups in total. The second-order valence-electron chi connectivity index (χ2n) is 6.06. The van der Waals surface area contributed by atoms with Crippen LogP contribution in [0.3, 0.4) is 0 Å². The third kappa shape index (κ3) is 3.01. The Hall–Kier alpha value is -1.28. The van der Waals surface area contributed by atoms with Crippen molar-refractivity contribution in [3.63, 3.8) is 0 Å². The smallest absolute Gasteiger partial charge is 0.0624 e. The normalized spacial score (nSPS) is 21.9. The van der Waals surface area contributed by atoms with Crippen LogP contribution < -0.4 is 0 Å². The van der Waals surface area contributed by atoms with Gasteiger partial charge in [-0.15, -0.1) is 11.6 Å². The third-order valence-corrected chi connectivity index (χ3v) is 5.24. The van der Waals surface area contributed by atoms with Gasteiger partial charge in [-0.3, -0.25) is 4.68 Å². The molecule has 0 radical (unpaired) electrons. The van der Waals surface area contributed by atoms with Gasteiger partial charge in [-0.05, 0) is 55.2 Å². The fourth-order valence-corrected chi connectivity index (χ4v) is 3.82. The number of hydrogen-bond acceptors (Lipinski definition) is 1. The van der Waals surface area contributed by atoms with Crippen LogP contribution >= 0.6 is 11.6 Å². The van der Waals surface area contributed by atoms with Gasteiger partial charge in [0.15, 0.2) is 0 Å². The second-order valence-corrected chi connectivity index (χ2v) is 6.53. The highest BCUT2D eigenvalue weighted by Crippen LogP contribution is 2.39. The molecule has 1 aliphatic carbocycles. The maximum atomic E-state index is 6.83. The van der Waals surface area contributed by atoms with Gasteiger partial charge in [0.05, 0.1) is 11.1 Å². The van der Waals surface area contributed by atoms with Crippen molar-refractivity contribution in [2.45, 2.75) is 44.4 Å². The molecular formula is C18H23ClN2. The lowest BCUT2D eigenvalue weighted by atomic mass is 9.92. The van der Waals surface area contributed by atoms with E-state index in [-0.39, 0.29) is 5.38 Å². The van der Waals surface area contributed by atoms with Gasteiger partial charge in [0.2, 0.25) is 0 Å². The van der Waals surface area contributed by atoms with Gasteiger partial charge in [0.1, 0.15) is 0 Å². The van der Waals surface area contributed by atoms with Crippen LogP contribution in [-0.2, 0) is 26.3 Å². The summed E-state index contributed by atoms with van der Waals surface area (Å²) in [6, 6.07) is 10.9. The van der Waals surface area contributed by atoms with E-state index in [1.807, 2.05) is 11.7 Å². The van der Waals surface area contributed by atoms with Crippen LogP contribution in [0.2, 0.25) is 0 Å². The predicted octanol–water partition coefficient (Wildman–Crippen LogP) is 4.46. The molecule has 1 aromatic heterocycles. The summed E-state index contributed by atoms with van der Waals surface area (Å²) >= 11 is 6.83. The fraction of sp³-hybridized carbons (Fsp3) is 0.500. The molecule has 3 rings (SSSR count). The van der Waals surface area contributed by atoms with Gasteiger partial charge in [-0.2, -0.15) is 5.10 Å². The van der Waals surface area contributed by atoms with Gasteiger partial charge in [-0.1, -0.05) is 31.2 Å². The van der Waals surface area contributed by atoms with Crippen molar-refractivity contribution in [1.82, 2.24) is 9.78 Å². The monoisotopic (exact) mass is 302 g/mol. The Morgan fingerprint density at radius 1 is 1.33 bits per heavy atom. The number of aromatic nitrogens is 2. The number of aryl methyl sites for hydroxylation is 3. The van der Waals surface area contributed by atoms with Crippen LogP contribution in [-0.4, -0.2) is 9.78 Å². The minimum absolute atomic E-state index is 0.115. The molecule has 2 aromatic rings. The van der Waals surface area contributed by atoms with Crippen LogP contribution in [0.1, 0.15) is 47.7 Å². The standard InChI is InChI=1S/C18H23ClN2/c1-3-15-12-16(21(2)20-15)11-14-9-6-8-13-7-4-5-10-17(13)18(14)19/h4-5,7,10,12,14,18H,3,6,8-9,11H2,1-2H3. The van der Waals surface area contributed by atoms with Crippen molar-refractivity contribution >= 4 is 11.6 Å². The molecule has 0 fully saturated rings. The van der Waals surface area contributed by atoms with Crippen LogP contribution in [0.5, 0.6) is 0 Å². The molecule has 1 heterocycles. The molecule has 0 bridgehead atoms. The summed E-state index contributed by atoms with van der Waals surface area (Å²) in [4.78, 5) is 0. The molecule has 2 nitrogen and oxygen atoms in total. The van der Waals surface area contributed by atoms with Crippen molar-refractivity contribution in [2.75, 3.05) is 0 Å². The van der Waals surface area contributed by atoms with E-state index in [4.69, 9.17) is 11.6 Å². The zero-order valence-electron chi connectivity index (χ0n) is 12.8. The average molecular weight is 303 g/mol. The van der Waals surface area contributed by atoms with E-state index < -0.39 is 0 Å². The minimum atomic E-state index is 0.115. The molecule has 2 atom stereocenters. The molecule has 0 saturated heterocycles. The van der Waals surface area contributed by atoms with Crippen LogP contribution in [0.15, 0.2) is 30.3 Å². The third-order valence-electron chi connectivity index (χ3n) is 4.65. The molecule has 2 unspecified atom stereocenters. The summed E-state index contributed by atoms with van der Waals surface area (Å²) < 4.78 is 2.03. The Kier molecular flexibility index (Phi) is 4.34. The van der Waals surface area contributed by atoms with E-state index in [1.165, 1.54) is 35.4 Å². The SMILES string of the molecule is CCc1cc(CC2CCCc3ccccc3C2Cl)n(C)n1. The highest BCUT2D eigenvalue weighted by molar-refractivity contribution is 6.21. The summed E-state index contributed by atoms with van der Waals surface area (Å²) in [7, 11) is 2.04. The van der Waals surface area contributed by atoms with Crippen molar-refractivity contribution < 1.29 is 0 Å².